The van der Waals surface area contributed by atoms with Crippen LogP contribution >= 0.6 is 0 Å². The van der Waals surface area contributed by atoms with E-state index in [1.807, 2.05) is 0 Å². The van der Waals surface area contributed by atoms with Crippen LogP contribution in [0.4, 0.5) is 0 Å². The molecule has 37 heavy (non-hydrogen) atoms. The summed E-state index contributed by atoms with van der Waals surface area (Å²) in [6.07, 6.45) is -2.98. The van der Waals surface area contributed by atoms with Gasteiger partial charge in [0.05, 0.1) is 13.2 Å². The van der Waals surface area contributed by atoms with Gasteiger partial charge in [0.1, 0.15) is 55.6 Å². The van der Waals surface area contributed by atoms with E-state index in [4.69, 9.17) is 23.7 Å². The van der Waals surface area contributed by atoms with Gasteiger partial charge in [-0.2, -0.15) is 0 Å². The maximum absolute atomic E-state index is 10.3. The second-order valence-corrected chi connectivity index (χ2v) is 9.92. The summed E-state index contributed by atoms with van der Waals surface area (Å²) in [4.78, 5) is 0. The van der Waals surface area contributed by atoms with Gasteiger partial charge in [-0.05, 0) is 6.42 Å². The first-order chi connectivity index (χ1) is 17.8. The fourth-order valence-electron chi connectivity index (χ4n) is 4.53. The normalized spacial score (nSPS) is 36.6. The van der Waals surface area contributed by atoms with Crippen molar-refractivity contribution in [1.82, 2.24) is 0 Å². The van der Waals surface area contributed by atoms with Gasteiger partial charge < -0.3 is 59.4 Å². The largest absolute Gasteiger partial charge is 0.394 e. The van der Waals surface area contributed by atoms with Crippen LogP contribution in [0.1, 0.15) is 71.1 Å². The standard InChI is InChI=1S/C25H48O12/c1-2-3-4-5-6-7-8-9-10-11-12-33-15-34-14-17-18(27)19(28)22(31)25(36-17)37-23-16(13-26)35-24(32)21(30)20(23)29/h16-32H,2-15H2,1H3/t16-,17-,18+,19+,20-,21-,22-,23-,24-,25+/m1/s1. The number of hydrogen-bond acceptors (Lipinski definition) is 12. The molecular formula is C25H48O12. The van der Waals surface area contributed by atoms with Crippen LogP contribution in [0.2, 0.25) is 0 Å². The van der Waals surface area contributed by atoms with Crippen LogP contribution in [0.5, 0.6) is 0 Å². The molecule has 2 aliphatic heterocycles. The van der Waals surface area contributed by atoms with Gasteiger partial charge in [-0.15, -0.1) is 0 Å². The molecule has 0 bridgehead atoms. The molecule has 0 radical (unpaired) electrons. The highest BCUT2D eigenvalue weighted by Crippen LogP contribution is 2.28. The first-order valence-corrected chi connectivity index (χ1v) is 13.6. The molecule has 0 spiro atoms. The Labute approximate surface area is 219 Å². The van der Waals surface area contributed by atoms with Gasteiger partial charge in [-0.1, -0.05) is 64.7 Å². The Morgan fingerprint density at radius 3 is 1.86 bits per heavy atom. The van der Waals surface area contributed by atoms with Gasteiger partial charge in [-0.3, -0.25) is 0 Å². The Balaban J connectivity index is 1.65. The van der Waals surface area contributed by atoms with Crippen LogP contribution in [-0.4, -0.2) is 124 Å². The third-order valence-electron chi connectivity index (χ3n) is 6.89. The van der Waals surface area contributed by atoms with Gasteiger partial charge in [0.2, 0.25) is 0 Å². The molecule has 2 saturated heterocycles. The minimum Gasteiger partial charge on any atom is -0.394 e. The summed E-state index contributed by atoms with van der Waals surface area (Å²) in [5.41, 5.74) is 0. The van der Waals surface area contributed by atoms with Crippen LogP contribution in [0.3, 0.4) is 0 Å². The Morgan fingerprint density at radius 1 is 0.622 bits per heavy atom. The Morgan fingerprint density at radius 2 is 1.24 bits per heavy atom. The van der Waals surface area contributed by atoms with E-state index in [1.165, 1.54) is 51.4 Å². The monoisotopic (exact) mass is 540 g/mol. The molecule has 10 atom stereocenters. The number of hydrogen-bond donors (Lipinski definition) is 7. The molecule has 12 heteroatoms. The molecule has 0 unspecified atom stereocenters. The fraction of sp³-hybridized carbons (Fsp3) is 1.00. The van der Waals surface area contributed by atoms with Gasteiger partial charge in [0.15, 0.2) is 12.6 Å². The highest BCUT2D eigenvalue weighted by molar-refractivity contribution is 4.93. The quantitative estimate of drug-likeness (QED) is 0.0875. The number of unbranched alkanes of at least 4 members (excludes halogenated alkanes) is 9. The highest BCUT2D eigenvalue weighted by Gasteiger charge is 2.50. The molecular weight excluding hydrogens is 492 g/mol. The number of ether oxygens (including phenoxy) is 5. The van der Waals surface area contributed by atoms with E-state index in [0.717, 1.165) is 12.8 Å². The molecule has 7 N–H and O–H groups in total. The lowest BCUT2D eigenvalue weighted by molar-refractivity contribution is -0.356. The van der Waals surface area contributed by atoms with Gasteiger partial charge in [-0.25, -0.2) is 0 Å². The Hall–Kier alpha value is -0.480. The van der Waals surface area contributed by atoms with Crippen molar-refractivity contribution in [1.29, 1.82) is 0 Å². The SMILES string of the molecule is CCCCCCCCCCCCOCOC[C@H]1O[C@@H](O[C@H]2[C@H](O)[C@@H](O)[C@H](O)O[C@@H]2CO)[C@H](O)[C@@H](O)[C@H]1O. The minimum atomic E-state index is -1.74. The molecule has 0 aromatic rings. The van der Waals surface area contributed by atoms with Crippen molar-refractivity contribution in [3.63, 3.8) is 0 Å². The molecule has 2 aliphatic rings. The summed E-state index contributed by atoms with van der Waals surface area (Å²) < 4.78 is 27.0. The maximum Gasteiger partial charge on any atom is 0.187 e. The maximum atomic E-state index is 10.3. The van der Waals surface area contributed by atoms with Gasteiger partial charge in [0, 0.05) is 6.61 Å². The molecule has 0 aromatic carbocycles. The molecule has 220 valence electrons. The Bertz CT molecular complexity index is 582. The lowest BCUT2D eigenvalue weighted by Crippen LogP contribution is -2.64. The third kappa shape index (κ3) is 10.5. The summed E-state index contributed by atoms with van der Waals surface area (Å²) in [5.74, 6) is 0. The molecule has 0 aliphatic carbocycles. The zero-order chi connectivity index (χ0) is 27.2. The fourth-order valence-corrected chi connectivity index (χ4v) is 4.53. The van der Waals surface area contributed by atoms with E-state index in [0.29, 0.717) is 6.61 Å². The zero-order valence-corrected chi connectivity index (χ0v) is 21.8. The summed E-state index contributed by atoms with van der Waals surface area (Å²) in [7, 11) is 0. The van der Waals surface area contributed by atoms with E-state index in [-0.39, 0.29) is 13.4 Å². The number of aliphatic hydroxyl groups excluding tert-OH is 7. The van der Waals surface area contributed by atoms with Crippen molar-refractivity contribution < 1.29 is 59.4 Å². The third-order valence-corrected chi connectivity index (χ3v) is 6.89. The van der Waals surface area contributed by atoms with E-state index < -0.39 is 68.0 Å². The zero-order valence-electron chi connectivity index (χ0n) is 21.8. The van der Waals surface area contributed by atoms with Gasteiger partial charge >= 0.3 is 0 Å². The van der Waals surface area contributed by atoms with Crippen LogP contribution in [0.15, 0.2) is 0 Å². The predicted octanol–water partition coefficient (Wildman–Crippen LogP) is -0.478. The molecule has 2 fully saturated rings. The molecule has 12 nitrogen and oxygen atoms in total. The van der Waals surface area contributed by atoms with Crippen molar-refractivity contribution in [2.75, 3.05) is 26.6 Å². The molecule has 2 heterocycles. The molecule has 0 aromatic heterocycles. The van der Waals surface area contributed by atoms with Crippen LogP contribution in [-0.2, 0) is 23.7 Å². The first-order valence-electron chi connectivity index (χ1n) is 13.6. The van der Waals surface area contributed by atoms with Gasteiger partial charge in [0.25, 0.3) is 0 Å². The highest BCUT2D eigenvalue weighted by atomic mass is 16.7. The average Bonchev–Trinajstić information content (AvgIpc) is 2.89. The summed E-state index contributed by atoms with van der Waals surface area (Å²) in [6.45, 7) is 1.88. The van der Waals surface area contributed by atoms with Crippen molar-refractivity contribution in [3.05, 3.63) is 0 Å². The smallest absolute Gasteiger partial charge is 0.187 e. The number of rotatable bonds is 18. The van der Waals surface area contributed by atoms with Crippen molar-refractivity contribution >= 4 is 0 Å². The topological polar surface area (TPSA) is 188 Å². The lowest BCUT2D eigenvalue weighted by Gasteiger charge is -2.45. The van der Waals surface area contributed by atoms with E-state index in [1.54, 1.807) is 0 Å². The van der Waals surface area contributed by atoms with E-state index in [2.05, 4.69) is 6.92 Å². The van der Waals surface area contributed by atoms with Crippen molar-refractivity contribution in [2.24, 2.45) is 0 Å². The van der Waals surface area contributed by atoms with E-state index in [9.17, 15) is 35.7 Å². The molecule has 2 rings (SSSR count). The summed E-state index contributed by atoms with van der Waals surface area (Å²) >= 11 is 0. The summed E-state index contributed by atoms with van der Waals surface area (Å²) in [6, 6.07) is 0. The lowest BCUT2D eigenvalue weighted by atomic mass is 9.97. The van der Waals surface area contributed by atoms with Crippen LogP contribution < -0.4 is 0 Å². The summed E-state index contributed by atoms with van der Waals surface area (Å²) in [5, 5.41) is 70.0. The minimum absolute atomic E-state index is 0.0416. The van der Waals surface area contributed by atoms with Crippen LogP contribution in [0, 0.1) is 0 Å². The molecule has 0 saturated carbocycles. The predicted molar refractivity (Wildman–Crippen MR) is 130 cm³/mol. The first kappa shape index (κ1) is 32.7. The number of aliphatic hydroxyl groups is 7. The second-order valence-electron chi connectivity index (χ2n) is 9.92. The average molecular weight is 541 g/mol. The van der Waals surface area contributed by atoms with E-state index >= 15 is 0 Å². The van der Waals surface area contributed by atoms with Crippen molar-refractivity contribution in [3.8, 4) is 0 Å². The van der Waals surface area contributed by atoms with Crippen molar-refractivity contribution in [2.45, 2.75) is 133 Å². The second kappa shape index (κ2) is 18.0. The Kier molecular flexibility index (Phi) is 15.9. The van der Waals surface area contributed by atoms with Crippen LogP contribution in [0.25, 0.3) is 0 Å². The molecule has 0 amide bonds.